The van der Waals surface area contributed by atoms with Crippen LogP contribution < -0.4 is 0 Å². The molecule has 0 spiro atoms. The van der Waals surface area contributed by atoms with Gasteiger partial charge in [0, 0.05) is 0 Å². The van der Waals surface area contributed by atoms with E-state index in [-0.39, 0.29) is 0 Å². The third kappa shape index (κ3) is 28.9. The van der Waals surface area contributed by atoms with Crippen LogP contribution in [-0.2, 0) is 0 Å². The van der Waals surface area contributed by atoms with Gasteiger partial charge in [-0.15, -0.1) is 0 Å². The standard InChI is InChI=1S/C36H76N2/c1-5-9-13-25-31-37(32-26-14-10-6-2)35-29-23-21-19-17-18-20-22-24-30-36-38(33-27-15-11-7-3)34-28-16-12-8-4/h5-36H2,1-4H3. The molecular weight excluding hydrogens is 460 g/mol. The van der Waals surface area contributed by atoms with Crippen molar-refractivity contribution >= 4 is 0 Å². The van der Waals surface area contributed by atoms with E-state index >= 15 is 0 Å². The summed E-state index contributed by atoms with van der Waals surface area (Å²) in [4.78, 5) is 5.59. The van der Waals surface area contributed by atoms with Crippen molar-refractivity contribution < 1.29 is 0 Å². The van der Waals surface area contributed by atoms with Crippen LogP contribution in [0.2, 0.25) is 0 Å². The highest BCUT2D eigenvalue weighted by Gasteiger charge is 2.06. The van der Waals surface area contributed by atoms with Gasteiger partial charge in [0.1, 0.15) is 0 Å². The van der Waals surface area contributed by atoms with Crippen LogP contribution in [0.15, 0.2) is 0 Å². The molecule has 0 aromatic rings. The van der Waals surface area contributed by atoms with Crippen LogP contribution >= 0.6 is 0 Å². The van der Waals surface area contributed by atoms with Crippen LogP contribution in [0, 0.1) is 0 Å². The summed E-state index contributed by atoms with van der Waals surface area (Å²) in [5, 5.41) is 0. The van der Waals surface area contributed by atoms with E-state index in [0.29, 0.717) is 0 Å². The molecule has 0 rings (SSSR count). The Morgan fingerprint density at radius 1 is 0.211 bits per heavy atom. The minimum Gasteiger partial charge on any atom is -0.303 e. The maximum atomic E-state index is 2.79. The third-order valence-electron chi connectivity index (χ3n) is 8.51. The number of hydrogen-bond acceptors (Lipinski definition) is 2. The first-order chi connectivity index (χ1) is 18.8. The summed E-state index contributed by atoms with van der Waals surface area (Å²) in [6.45, 7) is 17.4. The summed E-state index contributed by atoms with van der Waals surface area (Å²) in [7, 11) is 0. The van der Waals surface area contributed by atoms with E-state index in [1.54, 1.807) is 0 Å². The maximum absolute atomic E-state index is 2.79. The van der Waals surface area contributed by atoms with Crippen molar-refractivity contribution in [2.45, 2.75) is 195 Å². The van der Waals surface area contributed by atoms with Crippen molar-refractivity contribution in [3.05, 3.63) is 0 Å². The molecule has 0 aliphatic carbocycles. The maximum Gasteiger partial charge on any atom is -0.00187 e. The summed E-state index contributed by atoms with van der Waals surface area (Å²) < 4.78 is 0. The summed E-state index contributed by atoms with van der Waals surface area (Å²) >= 11 is 0. The van der Waals surface area contributed by atoms with E-state index in [4.69, 9.17) is 0 Å². The average Bonchev–Trinajstić information content (AvgIpc) is 2.93. The lowest BCUT2D eigenvalue weighted by molar-refractivity contribution is 0.254. The molecule has 0 atom stereocenters. The molecule has 0 aromatic heterocycles. The van der Waals surface area contributed by atoms with E-state index in [9.17, 15) is 0 Å². The highest BCUT2D eigenvalue weighted by molar-refractivity contribution is 4.61. The molecule has 38 heavy (non-hydrogen) atoms. The largest absolute Gasteiger partial charge is 0.303 e. The number of hydrogen-bond donors (Lipinski definition) is 0. The van der Waals surface area contributed by atoms with Crippen molar-refractivity contribution in [1.82, 2.24) is 9.80 Å². The molecule has 0 unspecified atom stereocenters. The van der Waals surface area contributed by atoms with Crippen LogP contribution in [0.3, 0.4) is 0 Å². The molecule has 0 saturated carbocycles. The van der Waals surface area contributed by atoms with E-state index in [1.165, 1.54) is 206 Å². The lowest BCUT2D eigenvalue weighted by Gasteiger charge is -2.22. The average molecular weight is 537 g/mol. The van der Waals surface area contributed by atoms with Crippen molar-refractivity contribution in [1.29, 1.82) is 0 Å². The third-order valence-corrected chi connectivity index (χ3v) is 8.51. The van der Waals surface area contributed by atoms with E-state index < -0.39 is 0 Å². The highest BCUT2D eigenvalue weighted by Crippen LogP contribution is 2.13. The predicted molar refractivity (Wildman–Crippen MR) is 176 cm³/mol. The number of unbranched alkanes of at least 4 members (excludes halogenated alkanes) is 21. The molecule has 0 fully saturated rings. The molecule has 0 saturated heterocycles. The van der Waals surface area contributed by atoms with Gasteiger partial charge in [0.25, 0.3) is 0 Å². The molecule has 0 aliphatic rings. The smallest absolute Gasteiger partial charge is 0.00187 e. The van der Waals surface area contributed by atoms with Crippen molar-refractivity contribution in [3.8, 4) is 0 Å². The summed E-state index contributed by atoms with van der Waals surface area (Å²) in [6, 6.07) is 0. The van der Waals surface area contributed by atoms with Crippen LogP contribution in [0.5, 0.6) is 0 Å². The minimum atomic E-state index is 1.35. The Morgan fingerprint density at radius 3 is 0.553 bits per heavy atom. The van der Waals surface area contributed by atoms with Crippen molar-refractivity contribution in [2.75, 3.05) is 39.3 Å². The van der Waals surface area contributed by atoms with Gasteiger partial charge in [0.05, 0.1) is 0 Å². The second kappa shape index (κ2) is 33.1. The second-order valence-electron chi connectivity index (χ2n) is 12.5. The molecule has 0 aromatic carbocycles. The number of nitrogens with zero attached hydrogens (tertiary/aromatic N) is 2. The first-order valence-corrected chi connectivity index (χ1v) is 18.2. The van der Waals surface area contributed by atoms with Gasteiger partial charge in [-0.3, -0.25) is 0 Å². The van der Waals surface area contributed by atoms with Crippen molar-refractivity contribution in [3.63, 3.8) is 0 Å². The normalized spacial score (nSPS) is 11.8. The Morgan fingerprint density at radius 2 is 0.368 bits per heavy atom. The fraction of sp³-hybridized carbons (Fsp3) is 1.00. The SMILES string of the molecule is CCCCCCN(CCCCCC)CCCCCCCCCCCCN(CCCCCC)CCCCCC. The zero-order valence-electron chi connectivity index (χ0n) is 27.5. The lowest BCUT2D eigenvalue weighted by Crippen LogP contribution is -2.27. The Hall–Kier alpha value is -0.0800. The zero-order chi connectivity index (χ0) is 27.8. The molecule has 0 N–H and O–H groups in total. The summed E-state index contributed by atoms with van der Waals surface area (Å²) in [6.07, 6.45) is 37.0. The predicted octanol–water partition coefficient (Wildman–Crippen LogP) is 11.8. The van der Waals surface area contributed by atoms with Crippen molar-refractivity contribution in [2.24, 2.45) is 0 Å². The summed E-state index contributed by atoms with van der Waals surface area (Å²) in [5.41, 5.74) is 0. The Bertz CT molecular complexity index is 348. The summed E-state index contributed by atoms with van der Waals surface area (Å²) in [5.74, 6) is 0. The molecule has 0 aliphatic heterocycles. The van der Waals surface area contributed by atoms with E-state index in [0.717, 1.165) is 0 Å². The van der Waals surface area contributed by atoms with Gasteiger partial charge in [-0.05, 0) is 77.8 Å². The molecule has 0 radical (unpaired) electrons. The Balaban J connectivity index is 3.75. The zero-order valence-corrected chi connectivity index (χ0v) is 27.5. The monoisotopic (exact) mass is 537 g/mol. The molecule has 230 valence electrons. The van der Waals surface area contributed by atoms with Crippen LogP contribution in [-0.4, -0.2) is 49.1 Å². The Labute approximate surface area is 243 Å². The Kier molecular flexibility index (Phi) is 33.1. The van der Waals surface area contributed by atoms with Gasteiger partial charge in [-0.25, -0.2) is 0 Å². The van der Waals surface area contributed by atoms with E-state index in [1.807, 2.05) is 0 Å². The molecule has 0 amide bonds. The molecular formula is C36H76N2. The lowest BCUT2D eigenvalue weighted by atomic mass is 10.1. The van der Waals surface area contributed by atoms with Gasteiger partial charge >= 0.3 is 0 Å². The van der Waals surface area contributed by atoms with Gasteiger partial charge < -0.3 is 9.80 Å². The fourth-order valence-electron chi connectivity index (χ4n) is 5.80. The first kappa shape index (κ1) is 37.9. The fourth-order valence-corrected chi connectivity index (χ4v) is 5.80. The molecule has 2 heteroatoms. The minimum absolute atomic E-state index is 1.35. The highest BCUT2D eigenvalue weighted by atomic mass is 15.1. The van der Waals surface area contributed by atoms with Gasteiger partial charge in [0.2, 0.25) is 0 Å². The van der Waals surface area contributed by atoms with Gasteiger partial charge in [-0.1, -0.05) is 156 Å². The second-order valence-corrected chi connectivity index (χ2v) is 12.5. The van der Waals surface area contributed by atoms with E-state index in [2.05, 4.69) is 37.5 Å². The van der Waals surface area contributed by atoms with Gasteiger partial charge in [-0.2, -0.15) is 0 Å². The topological polar surface area (TPSA) is 6.48 Å². The van der Waals surface area contributed by atoms with Crippen LogP contribution in [0.4, 0.5) is 0 Å². The molecule has 2 nitrogen and oxygen atoms in total. The van der Waals surface area contributed by atoms with Gasteiger partial charge in [0.15, 0.2) is 0 Å². The first-order valence-electron chi connectivity index (χ1n) is 18.2. The molecule has 0 heterocycles. The van der Waals surface area contributed by atoms with Crippen LogP contribution in [0.1, 0.15) is 195 Å². The molecule has 0 bridgehead atoms. The van der Waals surface area contributed by atoms with Crippen LogP contribution in [0.25, 0.3) is 0 Å². The number of rotatable bonds is 33. The quantitative estimate of drug-likeness (QED) is 0.0769.